The van der Waals surface area contributed by atoms with Crippen molar-refractivity contribution >= 4 is 28.5 Å². The second-order valence-corrected chi connectivity index (χ2v) is 8.95. The van der Waals surface area contributed by atoms with Crippen molar-refractivity contribution in [3.8, 4) is 0 Å². The number of aliphatic hydroxyl groups excluding tert-OH is 1. The molecule has 2 aromatic carbocycles. The van der Waals surface area contributed by atoms with Crippen molar-refractivity contribution in [1.82, 2.24) is 9.88 Å². The third-order valence-electron chi connectivity index (χ3n) is 6.52. The molecular formula is C27H28N2O2. The van der Waals surface area contributed by atoms with Gasteiger partial charge >= 0.3 is 0 Å². The molecule has 1 unspecified atom stereocenters. The van der Waals surface area contributed by atoms with Crippen molar-refractivity contribution in [3.63, 3.8) is 0 Å². The number of hydrogen-bond acceptors (Lipinski definition) is 3. The fraction of sp³-hybridized carbons (Fsp3) is 0.333. The van der Waals surface area contributed by atoms with E-state index < -0.39 is 0 Å². The number of hydrogen-bond donors (Lipinski definition) is 1. The molecule has 1 amide bonds. The van der Waals surface area contributed by atoms with Gasteiger partial charge in [-0.25, -0.2) is 4.98 Å². The molecular weight excluding hydrogens is 384 g/mol. The van der Waals surface area contributed by atoms with Crippen LogP contribution >= 0.6 is 0 Å². The first-order chi connectivity index (χ1) is 15.1. The number of aromatic nitrogens is 1. The highest BCUT2D eigenvalue weighted by Gasteiger charge is 2.31. The molecule has 0 spiro atoms. The lowest BCUT2D eigenvalue weighted by Crippen LogP contribution is -2.40. The smallest absolute Gasteiger partial charge is 0.254 e. The van der Waals surface area contributed by atoms with E-state index in [0.717, 1.165) is 46.1 Å². The Kier molecular flexibility index (Phi) is 5.33. The summed E-state index contributed by atoms with van der Waals surface area (Å²) in [6.45, 7) is 3.46. The number of allylic oxidation sites excluding steroid dienone is 1. The molecule has 1 aromatic heterocycles. The number of aliphatic hydroxyl groups is 1. The Hall–Kier alpha value is -2.98. The van der Waals surface area contributed by atoms with Crippen LogP contribution in [0.25, 0.3) is 22.6 Å². The quantitative estimate of drug-likeness (QED) is 0.648. The number of carbonyl (C=O) groups excluding carboxylic acids is 1. The second-order valence-electron chi connectivity index (χ2n) is 8.95. The van der Waals surface area contributed by atoms with Gasteiger partial charge in [0.25, 0.3) is 5.91 Å². The Labute approximate surface area is 183 Å². The number of amides is 1. The number of rotatable bonds is 2. The number of carbonyl (C=O) groups is 1. The van der Waals surface area contributed by atoms with Crippen LogP contribution in [0.3, 0.4) is 0 Å². The van der Waals surface area contributed by atoms with Gasteiger partial charge in [-0.15, -0.1) is 0 Å². The number of likely N-dealkylation sites (tertiary alicyclic amines) is 1. The summed E-state index contributed by atoms with van der Waals surface area (Å²) in [6.07, 6.45) is 5.03. The molecule has 4 nitrogen and oxygen atoms in total. The van der Waals surface area contributed by atoms with Crippen molar-refractivity contribution in [2.24, 2.45) is 5.92 Å². The van der Waals surface area contributed by atoms with E-state index in [1.807, 2.05) is 47.4 Å². The topological polar surface area (TPSA) is 53.4 Å². The number of para-hydroxylation sites is 1. The summed E-state index contributed by atoms with van der Waals surface area (Å²) in [7, 11) is 0. The third-order valence-corrected chi connectivity index (χ3v) is 6.52. The summed E-state index contributed by atoms with van der Waals surface area (Å²) >= 11 is 0. The van der Waals surface area contributed by atoms with E-state index in [9.17, 15) is 9.90 Å². The molecule has 1 fully saturated rings. The molecule has 1 atom stereocenters. The average molecular weight is 413 g/mol. The summed E-state index contributed by atoms with van der Waals surface area (Å²) < 4.78 is 0. The highest BCUT2D eigenvalue weighted by molar-refractivity contribution is 6.09. The Morgan fingerprint density at radius 1 is 1.03 bits per heavy atom. The Balaban J connectivity index is 1.68. The predicted octanol–water partition coefficient (Wildman–Crippen LogP) is 4.95. The van der Waals surface area contributed by atoms with E-state index in [0.29, 0.717) is 31.8 Å². The largest absolute Gasteiger partial charge is 0.393 e. The van der Waals surface area contributed by atoms with Crippen LogP contribution in [0.15, 0.2) is 54.6 Å². The molecule has 1 aliphatic carbocycles. The second kappa shape index (κ2) is 8.27. The predicted molar refractivity (Wildman–Crippen MR) is 125 cm³/mol. The SMILES string of the molecule is CC1C/C(=C/c2ccccc2)c2nc3ccccc3c(C(=O)N3CCC(O)CC3)c2C1. The standard InChI is InChI=1S/C27H28N2O2/c1-18-15-20(17-19-7-3-2-4-8-19)26-23(16-18)25(22-9-5-6-10-24(22)28-26)27(31)29-13-11-21(30)12-14-29/h2-10,17-18,21,30H,11-16H2,1H3/b20-17-. The molecule has 3 aromatic rings. The van der Waals surface area contributed by atoms with Crippen molar-refractivity contribution in [1.29, 1.82) is 0 Å². The Bertz CT molecular complexity index is 1140. The van der Waals surface area contributed by atoms with Crippen LogP contribution in [0.2, 0.25) is 0 Å². The number of fused-ring (bicyclic) bond motifs is 2. The maximum atomic E-state index is 13.8. The van der Waals surface area contributed by atoms with Gasteiger partial charge in [0.15, 0.2) is 0 Å². The minimum Gasteiger partial charge on any atom is -0.393 e. The fourth-order valence-corrected chi connectivity index (χ4v) is 4.96. The number of benzene rings is 2. The molecule has 0 bridgehead atoms. The first kappa shape index (κ1) is 20.0. The van der Waals surface area contributed by atoms with E-state index in [1.54, 1.807) is 0 Å². The molecule has 31 heavy (non-hydrogen) atoms. The highest BCUT2D eigenvalue weighted by atomic mass is 16.3. The average Bonchev–Trinajstić information content (AvgIpc) is 2.78. The van der Waals surface area contributed by atoms with E-state index in [-0.39, 0.29) is 12.0 Å². The van der Waals surface area contributed by atoms with Crippen molar-refractivity contribution < 1.29 is 9.90 Å². The van der Waals surface area contributed by atoms with Crippen LogP contribution in [0.4, 0.5) is 0 Å². The normalized spacial score (nSPS) is 20.8. The monoisotopic (exact) mass is 412 g/mol. The number of nitrogens with zero attached hydrogens (tertiary/aromatic N) is 2. The van der Waals surface area contributed by atoms with Crippen LogP contribution in [0.1, 0.15) is 53.4 Å². The van der Waals surface area contributed by atoms with Gasteiger partial charge in [-0.2, -0.15) is 0 Å². The molecule has 2 heterocycles. The summed E-state index contributed by atoms with van der Waals surface area (Å²) in [6, 6.07) is 18.3. The Morgan fingerprint density at radius 3 is 2.52 bits per heavy atom. The molecule has 158 valence electrons. The summed E-state index contributed by atoms with van der Waals surface area (Å²) in [4.78, 5) is 20.7. The number of piperidine rings is 1. The first-order valence-corrected chi connectivity index (χ1v) is 11.2. The van der Waals surface area contributed by atoms with E-state index in [4.69, 9.17) is 4.98 Å². The maximum Gasteiger partial charge on any atom is 0.254 e. The minimum atomic E-state index is -0.299. The molecule has 1 N–H and O–H groups in total. The van der Waals surface area contributed by atoms with Crippen molar-refractivity contribution in [3.05, 3.63) is 77.0 Å². The van der Waals surface area contributed by atoms with Gasteiger partial charge < -0.3 is 10.0 Å². The van der Waals surface area contributed by atoms with Gasteiger partial charge in [-0.1, -0.05) is 55.5 Å². The molecule has 4 heteroatoms. The van der Waals surface area contributed by atoms with Crippen LogP contribution in [-0.4, -0.2) is 40.1 Å². The lowest BCUT2D eigenvalue weighted by atomic mass is 9.80. The summed E-state index contributed by atoms with van der Waals surface area (Å²) in [5.74, 6) is 0.523. The molecule has 0 saturated carbocycles. The van der Waals surface area contributed by atoms with Gasteiger partial charge in [0.05, 0.1) is 22.9 Å². The van der Waals surface area contributed by atoms with Gasteiger partial charge in [-0.3, -0.25) is 4.79 Å². The first-order valence-electron chi connectivity index (χ1n) is 11.2. The lowest BCUT2D eigenvalue weighted by molar-refractivity contribution is 0.0547. The Morgan fingerprint density at radius 2 is 1.74 bits per heavy atom. The molecule has 0 radical (unpaired) electrons. The van der Waals surface area contributed by atoms with Gasteiger partial charge in [-0.05, 0) is 60.4 Å². The molecule has 5 rings (SSSR count). The van der Waals surface area contributed by atoms with Crippen molar-refractivity contribution in [2.75, 3.05) is 13.1 Å². The van der Waals surface area contributed by atoms with Crippen LogP contribution in [0, 0.1) is 5.92 Å². The lowest BCUT2D eigenvalue weighted by Gasteiger charge is -2.32. The summed E-state index contributed by atoms with van der Waals surface area (Å²) in [5.41, 5.74) is 6.09. The number of pyridine rings is 1. The fourth-order valence-electron chi connectivity index (χ4n) is 4.96. The molecule has 1 aliphatic heterocycles. The molecule has 2 aliphatic rings. The van der Waals surface area contributed by atoms with E-state index in [1.165, 1.54) is 5.57 Å². The van der Waals surface area contributed by atoms with E-state index in [2.05, 4.69) is 25.1 Å². The minimum absolute atomic E-state index is 0.0786. The molecule has 1 saturated heterocycles. The zero-order valence-electron chi connectivity index (χ0n) is 17.9. The van der Waals surface area contributed by atoms with E-state index >= 15 is 0 Å². The maximum absolute atomic E-state index is 13.8. The highest BCUT2D eigenvalue weighted by Crippen LogP contribution is 2.39. The van der Waals surface area contributed by atoms with Crippen molar-refractivity contribution in [2.45, 2.75) is 38.7 Å². The van der Waals surface area contributed by atoms with Gasteiger partial charge in [0, 0.05) is 18.5 Å². The third kappa shape index (κ3) is 3.88. The van der Waals surface area contributed by atoms with Gasteiger partial charge in [0.1, 0.15) is 0 Å². The van der Waals surface area contributed by atoms with Crippen LogP contribution < -0.4 is 0 Å². The van der Waals surface area contributed by atoms with Crippen LogP contribution in [-0.2, 0) is 6.42 Å². The van der Waals surface area contributed by atoms with Gasteiger partial charge in [0.2, 0.25) is 0 Å². The van der Waals surface area contributed by atoms with Crippen LogP contribution in [0.5, 0.6) is 0 Å². The summed E-state index contributed by atoms with van der Waals surface area (Å²) in [5, 5.41) is 10.8. The zero-order chi connectivity index (χ0) is 21.4. The zero-order valence-corrected chi connectivity index (χ0v) is 17.9.